The summed E-state index contributed by atoms with van der Waals surface area (Å²) in [6, 6.07) is 0. The van der Waals surface area contributed by atoms with Gasteiger partial charge in [-0.15, -0.1) is 0 Å². The fourth-order valence-electron chi connectivity index (χ4n) is 1.45. The summed E-state index contributed by atoms with van der Waals surface area (Å²) in [6.45, 7) is 2.12. The molecule has 0 atom stereocenters. The van der Waals surface area contributed by atoms with Crippen LogP contribution in [0.2, 0.25) is 0 Å². The molecule has 2 heterocycles. The number of carbonyl (C=O) groups excluding carboxylic acids is 1. The Morgan fingerprint density at radius 2 is 1.71 bits per heavy atom. The summed E-state index contributed by atoms with van der Waals surface area (Å²) in [4.78, 5) is 26.8. The molecule has 0 aliphatic heterocycles. The Morgan fingerprint density at radius 3 is 2.24 bits per heavy atom. The van der Waals surface area contributed by atoms with E-state index in [0.29, 0.717) is 16.6 Å². The standard InChI is InChI=1S/C10H13BrN2O.C4H3BrN2/c1-2-3-4-5-9(14)10-8(11)6-12-7-13-10;5-4-1-6-3-7-2-4/h6-7H,2-5H2,1H3;1-3H. The van der Waals surface area contributed by atoms with E-state index in [1.165, 1.54) is 12.7 Å². The van der Waals surface area contributed by atoms with Crippen LogP contribution in [0.3, 0.4) is 0 Å². The SMILES string of the molecule is Brc1cncnc1.CCCCCC(=O)c1ncncc1Br. The Morgan fingerprint density at radius 1 is 1.05 bits per heavy atom. The second-order valence-electron chi connectivity index (χ2n) is 4.16. The molecule has 0 aliphatic carbocycles. The molecule has 21 heavy (non-hydrogen) atoms. The highest BCUT2D eigenvalue weighted by molar-refractivity contribution is 9.10. The predicted molar refractivity (Wildman–Crippen MR) is 87.9 cm³/mol. The second-order valence-corrected chi connectivity index (χ2v) is 5.93. The van der Waals surface area contributed by atoms with Gasteiger partial charge in [-0.25, -0.2) is 19.9 Å². The monoisotopic (exact) mass is 414 g/mol. The lowest BCUT2D eigenvalue weighted by molar-refractivity contribution is 0.0973. The summed E-state index contributed by atoms with van der Waals surface area (Å²) in [5.41, 5.74) is 0.496. The molecule has 0 aromatic carbocycles. The third-order valence-electron chi connectivity index (χ3n) is 2.47. The van der Waals surface area contributed by atoms with Gasteiger partial charge in [0.15, 0.2) is 5.78 Å². The quantitative estimate of drug-likeness (QED) is 0.539. The number of aromatic nitrogens is 4. The van der Waals surface area contributed by atoms with Gasteiger partial charge in [-0.05, 0) is 38.3 Å². The van der Waals surface area contributed by atoms with Crippen molar-refractivity contribution in [3.05, 3.63) is 45.9 Å². The third-order valence-corrected chi connectivity index (χ3v) is 3.46. The fourth-order valence-corrected chi connectivity index (χ4v) is 2.13. The number of hydrogen-bond donors (Lipinski definition) is 0. The van der Waals surface area contributed by atoms with Crippen molar-refractivity contribution >= 4 is 37.6 Å². The normalized spacial score (nSPS) is 9.67. The number of ketones is 1. The maximum Gasteiger partial charge on any atom is 0.182 e. The largest absolute Gasteiger partial charge is 0.292 e. The Kier molecular flexibility index (Phi) is 8.93. The summed E-state index contributed by atoms with van der Waals surface area (Å²) >= 11 is 6.45. The molecule has 0 saturated heterocycles. The van der Waals surface area contributed by atoms with Crippen LogP contribution in [0.4, 0.5) is 0 Å². The lowest BCUT2D eigenvalue weighted by Crippen LogP contribution is -2.03. The molecule has 0 bridgehead atoms. The van der Waals surface area contributed by atoms with Gasteiger partial charge < -0.3 is 0 Å². The van der Waals surface area contributed by atoms with Gasteiger partial charge in [0.25, 0.3) is 0 Å². The zero-order valence-corrected chi connectivity index (χ0v) is 14.8. The summed E-state index contributed by atoms with van der Waals surface area (Å²) in [5, 5.41) is 0. The van der Waals surface area contributed by atoms with Crippen LogP contribution in [-0.4, -0.2) is 25.7 Å². The summed E-state index contributed by atoms with van der Waals surface area (Å²) in [6.07, 6.45) is 11.6. The number of rotatable bonds is 5. The minimum absolute atomic E-state index is 0.0905. The molecule has 0 saturated carbocycles. The maximum atomic E-state index is 11.6. The van der Waals surface area contributed by atoms with Crippen molar-refractivity contribution in [1.82, 2.24) is 19.9 Å². The first-order valence-corrected chi connectivity index (χ1v) is 8.13. The van der Waals surface area contributed by atoms with Gasteiger partial charge in [0.05, 0.1) is 8.95 Å². The average Bonchev–Trinajstić information content (AvgIpc) is 2.49. The first-order valence-electron chi connectivity index (χ1n) is 6.54. The van der Waals surface area contributed by atoms with E-state index in [4.69, 9.17) is 0 Å². The Bertz CT molecular complexity index is 552. The van der Waals surface area contributed by atoms with E-state index in [0.717, 1.165) is 23.7 Å². The first-order chi connectivity index (χ1) is 10.1. The zero-order chi connectivity index (χ0) is 15.5. The van der Waals surface area contributed by atoms with Crippen molar-refractivity contribution in [1.29, 1.82) is 0 Å². The molecule has 7 heteroatoms. The summed E-state index contributed by atoms with van der Waals surface area (Å²) in [5.74, 6) is 0.0905. The molecule has 0 spiro atoms. The van der Waals surface area contributed by atoms with Crippen LogP contribution in [0, 0.1) is 0 Å². The van der Waals surface area contributed by atoms with Crippen molar-refractivity contribution in [2.45, 2.75) is 32.6 Å². The highest BCUT2D eigenvalue weighted by Crippen LogP contribution is 2.15. The molecule has 0 aliphatic rings. The molecule has 0 radical (unpaired) electrons. The van der Waals surface area contributed by atoms with E-state index in [9.17, 15) is 4.79 Å². The number of nitrogens with zero attached hydrogens (tertiary/aromatic N) is 4. The molecule has 5 nitrogen and oxygen atoms in total. The molecule has 2 rings (SSSR count). The van der Waals surface area contributed by atoms with Crippen LogP contribution >= 0.6 is 31.9 Å². The van der Waals surface area contributed by atoms with Gasteiger partial charge in [0, 0.05) is 25.0 Å². The molecule has 0 unspecified atom stereocenters. The smallest absolute Gasteiger partial charge is 0.182 e. The van der Waals surface area contributed by atoms with Crippen molar-refractivity contribution in [2.75, 3.05) is 0 Å². The molecule has 2 aromatic heterocycles. The van der Waals surface area contributed by atoms with E-state index >= 15 is 0 Å². The molecule has 2 aromatic rings. The molecule has 0 N–H and O–H groups in total. The van der Waals surface area contributed by atoms with E-state index < -0.39 is 0 Å². The minimum atomic E-state index is 0.0905. The molecular weight excluding hydrogens is 400 g/mol. The first kappa shape index (κ1) is 17.8. The van der Waals surface area contributed by atoms with E-state index in [1.807, 2.05) is 0 Å². The van der Waals surface area contributed by atoms with Crippen molar-refractivity contribution in [3.8, 4) is 0 Å². The predicted octanol–water partition coefficient (Wildman–Crippen LogP) is 4.24. The number of unbranched alkanes of at least 4 members (excludes halogenated alkanes) is 2. The van der Waals surface area contributed by atoms with E-state index in [1.54, 1.807) is 18.6 Å². The van der Waals surface area contributed by atoms with Crippen LogP contribution in [0.15, 0.2) is 40.2 Å². The third kappa shape index (κ3) is 7.38. The Labute approximate surface area is 140 Å². The molecule has 0 amide bonds. The molecular formula is C14H16Br2N4O. The Hall–Kier alpha value is -1.21. The van der Waals surface area contributed by atoms with Gasteiger partial charge in [0.2, 0.25) is 0 Å². The van der Waals surface area contributed by atoms with Gasteiger partial charge >= 0.3 is 0 Å². The van der Waals surface area contributed by atoms with Gasteiger partial charge in [-0.1, -0.05) is 19.8 Å². The van der Waals surface area contributed by atoms with Crippen LogP contribution < -0.4 is 0 Å². The Balaban J connectivity index is 0.000000262. The lowest BCUT2D eigenvalue weighted by atomic mass is 10.1. The lowest BCUT2D eigenvalue weighted by Gasteiger charge is -2.00. The number of Topliss-reactive ketones (excluding diaryl/α,β-unsaturated/α-hetero) is 1. The highest BCUT2D eigenvalue weighted by atomic mass is 79.9. The van der Waals surface area contributed by atoms with Gasteiger partial charge in [-0.2, -0.15) is 0 Å². The van der Waals surface area contributed by atoms with Gasteiger partial charge in [-0.3, -0.25) is 4.79 Å². The van der Waals surface area contributed by atoms with E-state index in [2.05, 4.69) is 58.7 Å². The van der Waals surface area contributed by atoms with Crippen LogP contribution in [0.25, 0.3) is 0 Å². The van der Waals surface area contributed by atoms with Crippen LogP contribution in [-0.2, 0) is 0 Å². The maximum absolute atomic E-state index is 11.6. The number of carbonyl (C=O) groups is 1. The van der Waals surface area contributed by atoms with Crippen LogP contribution in [0.1, 0.15) is 43.1 Å². The van der Waals surface area contributed by atoms with Gasteiger partial charge in [0.1, 0.15) is 18.3 Å². The second kappa shape index (κ2) is 10.5. The minimum Gasteiger partial charge on any atom is -0.292 e. The van der Waals surface area contributed by atoms with E-state index in [-0.39, 0.29) is 5.78 Å². The molecule has 112 valence electrons. The van der Waals surface area contributed by atoms with Crippen LogP contribution in [0.5, 0.6) is 0 Å². The topological polar surface area (TPSA) is 68.6 Å². The molecule has 0 fully saturated rings. The fraction of sp³-hybridized carbons (Fsp3) is 0.357. The van der Waals surface area contributed by atoms with Crippen molar-refractivity contribution < 1.29 is 4.79 Å². The number of halogens is 2. The number of hydrogen-bond acceptors (Lipinski definition) is 5. The van der Waals surface area contributed by atoms with Crippen molar-refractivity contribution in [3.63, 3.8) is 0 Å². The van der Waals surface area contributed by atoms with Crippen molar-refractivity contribution in [2.24, 2.45) is 0 Å². The average molecular weight is 416 g/mol. The summed E-state index contributed by atoms with van der Waals surface area (Å²) in [7, 11) is 0. The zero-order valence-electron chi connectivity index (χ0n) is 11.7. The summed E-state index contributed by atoms with van der Waals surface area (Å²) < 4.78 is 1.59. The highest BCUT2D eigenvalue weighted by Gasteiger charge is 2.10.